The van der Waals surface area contributed by atoms with Crippen molar-refractivity contribution in [3.8, 4) is 0 Å². The molecule has 2 atom stereocenters. The van der Waals surface area contributed by atoms with Crippen LogP contribution < -0.4 is 11.1 Å². The molecule has 4 nitrogen and oxygen atoms in total. The van der Waals surface area contributed by atoms with Gasteiger partial charge in [0, 0.05) is 12.6 Å². The van der Waals surface area contributed by atoms with Crippen LogP contribution >= 0.6 is 0 Å². The van der Waals surface area contributed by atoms with Gasteiger partial charge in [-0.2, -0.15) is 0 Å². The van der Waals surface area contributed by atoms with Crippen LogP contribution in [0.3, 0.4) is 0 Å². The number of carbonyl (C=O) groups excluding carboxylic acids is 1. The van der Waals surface area contributed by atoms with Crippen LogP contribution in [-0.2, 0) is 11.2 Å². The highest BCUT2D eigenvalue weighted by Crippen LogP contribution is 2.15. The standard InChI is InChI=1S/C17H27N3O/c1-2-20-11-7-6-10-15(20)13-19-17(21)16(18)12-14-8-4-3-5-9-14/h3-5,8-9,15-16H,2,6-7,10-13,18H2,1H3,(H,19,21). The molecule has 1 aromatic carbocycles. The fourth-order valence-electron chi connectivity index (χ4n) is 3.02. The maximum absolute atomic E-state index is 12.1. The summed E-state index contributed by atoms with van der Waals surface area (Å²) in [4.78, 5) is 14.6. The fourth-order valence-corrected chi connectivity index (χ4v) is 3.02. The highest BCUT2D eigenvalue weighted by Gasteiger charge is 2.22. The Morgan fingerprint density at radius 3 is 2.86 bits per heavy atom. The Balaban J connectivity index is 1.78. The van der Waals surface area contributed by atoms with Gasteiger partial charge in [-0.05, 0) is 37.9 Å². The predicted molar refractivity (Wildman–Crippen MR) is 86.0 cm³/mol. The lowest BCUT2D eigenvalue weighted by Crippen LogP contribution is -2.50. The minimum absolute atomic E-state index is 0.0412. The van der Waals surface area contributed by atoms with Crippen molar-refractivity contribution in [1.29, 1.82) is 0 Å². The van der Waals surface area contributed by atoms with Gasteiger partial charge in [0.1, 0.15) is 0 Å². The topological polar surface area (TPSA) is 58.4 Å². The molecule has 0 bridgehead atoms. The third kappa shape index (κ3) is 4.83. The van der Waals surface area contributed by atoms with E-state index in [4.69, 9.17) is 5.73 Å². The molecule has 1 fully saturated rings. The van der Waals surface area contributed by atoms with Gasteiger partial charge in [0.15, 0.2) is 0 Å². The van der Waals surface area contributed by atoms with E-state index >= 15 is 0 Å². The van der Waals surface area contributed by atoms with E-state index in [1.54, 1.807) is 0 Å². The number of nitrogens with two attached hydrogens (primary N) is 1. The Morgan fingerprint density at radius 2 is 2.14 bits per heavy atom. The number of nitrogens with zero attached hydrogens (tertiary/aromatic N) is 1. The van der Waals surface area contributed by atoms with Crippen molar-refractivity contribution < 1.29 is 4.79 Å². The summed E-state index contributed by atoms with van der Waals surface area (Å²) in [6, 6.07) is 9.93. The van der Waals surface area contributed by atoms with Crippen LogP contribution in [0.1, 0.15) is 31.7 Å². The first-order chi connectivity index (χ1) is 10.2. The Hall–Kier alpha value is -1.39. The zero-order chi connectivity index (χ0) is 15.1. The van der Waals surface area contributed by atoms with Gasteiger partial charge < -0.3 is 11.1 Å². The summed E-state index contributed by atoms with van der Waals surface area (Å²) in [6.07, 6.45) is 4.29. The third-order valence-electron chi connectivity index (χ3n) is 4.30. The van der Waals surface area contributed by atoms with E-state index < -0.39 is 6.04 Å². The quantitative estimate of drug-likeness (QED) is 0.835. The number of benzene rings is 1. The SMILES string of the molecule is CCN1CCCCC1CNC(=O)C(N)Cc1ccccc1. The van der Waals surface area contributed by atoms with E-state index in [0.29, 0.717) is 12.5 Å². The van der Waals surface area contributed by atoms with E-state index in [1.807, 2.05) is 30.3 Å². The smallest absolute Gasteiger partial charge is 0.237 e. The van der Waals surface area contributed by atoms with Gasteiger partial charge in [-0.25, -0.2) is 0 Å². The first-order valence-electron chi connectivity index (χ1n) is 8.02. The van der Waals surface area contributed by atoms with Crippen molar-refractivity contribution in [2.75, 3.05) is 19.6 Å². The molecule has 0 saturated carbocycles. The van der Waals surface area contributed by atoms with Gasteiger partial charge in [-0.15, -0.1) is 0 Å². The monoisotopic (exact) mass is 289 g/mol. The molecular weight excluding hydrogens is 262 g/mol. The molecule has 0 radical (unpaired) electrons. The molecule has 1 heterocycles. The number of piperidine rings is 1. The van der Waals surface area contributed by atoms with Gasteiger partial charge in [0.25, 0.3) is 0 Å². The summed E-state index contributed by atoms with van der Waals surface area (Å²) in [7, 11) is 0. The van der Waals surface area contributed by atoms with Crippen LogP contribution in [0.5, 0.6) is 0 Å². The number of rotatable bonds is 6. The first-order valence-corrected chi connectivity index (χ1v) is 8.02. The van der Waals surface area contributed by atoms with Crippen LogP contribution in [0.15, 0.2) is 30.3 Å². The summed E-state index contributed by atoms with van der Waals surface area (Å²) < 4.78 is 0. The minimum atomic E-state index is -0.467. The second-order valence-electron chi connectivity index (χ2n) is 5.82. The summed E-state index contributed by atoms with van der Waals surface area (Å²) in [5.41, 5.74) is 7.11. The van der Waals surface area contributed by atoms with Crippen LogP contribution in [-0.4, -0.2) is 42.5 Å². The summed E-state index contributed by atoms with van der Waals surface area (Å²) in [5.74, 6) is -0.0412. The molecule has 0 aromatic heterocycles. The number of hydrogen-bond donors (Lipinski definition) is 2. The summed E-state index contributed by atoms with van der Waals surface area (Å²) in [5, 5.41) is 3.03. The highest BCUT2D eigenvalue weighted by atomic mass is 16.2. The minimum Gasteiger partial charge on any atom is -0.353 e. The van der Waals surface area contributed by atoms with E-state index in [0.717, 1.165) is 25.2 Å². The molecule has 3 N–H and O–H groups in total. The molecule has 4 heteroatoms. The van der Waals surface area contributed by atoms with Crippen LogP contribution in [0, 0.1) is 0 Å². The zero-order valence-electron chi connectivity index (χ0n) is 12.9. The van der Waals surface area contributed by atoms with Crippen molar-refractivity contribution in [1.82, 2.24) is 10.2 Å². The van der Waals surface area contributed by atoms with Crippen molar-refractivity contribution in [3.05, 3.63) is 35.9 Å². The fraction of sp³-hybridized carbons (Fsp3) is 0.588. The second-order valence-corrected chi connectivity index (χ2v) is 5.82. The van der Waals surface area contributed by atoms with Gasteiger partial charge >= 0.3 is 0 Å². The zero-order valence-corrected chi connectivity index (χ0v) is 12.9. The summed E-state index contributed by atoms with van der Waals surface area (Å²) in [6.45, 7) is 5.10. The van der Waals surface area contributed by atoms with Gasteiger partial charge in [0.2, 0.25) is 5.91 Å². The van der Waals surface area contributed by atoms with E-state index in [9.17, 15) is 4.79 Å². The van der Waals surface area contributed by atoms with Gasteiger partial charge in [-0.3, -0.25) is 9.69 Å². The van der Waals surface area contributed by atoms with Crippen LogP contribution in [0.25, 0.3) is 0 Å². The third-order valence-corrected chi connectivity index (χ3v) is 4.30. The number of carbonyl (C=O) groups is 1. The first kappa shape index (κ1) is 16.0. The molecule has 2 unspecified atom stereocenters. The van der Waals surface area contributed by atoms with E-state index in [2.05, 4.69) is 17.1 Å². The van der Waals surface area contributed by atoms with Crippen LogP contribution in [0.2, 0.25) is 0 Å². The highest BCUT2D eigenvalue weighted by molar-refractivity contribution is 5.81. The van der Waals surface area contributed by atoms with E-state index in [1.165, 1.54) is 19.3 Å². The predicted octanol–water partition coefficient (Wildman–Crippen LogP) is 1.55. The number of amides is 1. The van der Waals surface area contributed by atoms with E-state index in [-0.39, 0.29) is 5.91 Å². The maximum Gasteiger partial charge on any atom is 0.237 e. The molecular formula is C17H27N3O. The van der Waals surface area contributed by atoms with Gasteiger partial charge in [-0.1, -0.05) is 43.7 Å². The molecule has 1 aliphatic rings. The number of nitrogens with one attached hydrogen (secondary N) is 1. The van der Waals surface area contributed by atoms with Crippen molar-refractivity contribution in [2.24, 2.45) is 5.73 Å². The number of likely N-dealkylation sites (N-methyl/N-ethyl adjacent to an activating group) is 1. The van der Waals surface area contributed by atoms with Crippen molar-refractivity contribution in [2.45, 2.75) is 44.7 Å². The lowest BCUT2D eigenvalue weighted by molar-refractivity contribution is -0.122. The number of hydrogen-bond acceptors (Lipinski definition) is 3. The lowest BCUT2D eigenvalue weighted by Gasteiger charge is -2.35. The average molecular weight is 289 g/mol. The average Bonchev–Trinajstić information content (AvgIpc) is 2.53. The molecule has 0 aliphatic carbocycles. The second kappa shape index (κ2) is 8.15. The molecule has 116 valence electrons. The molecule has 0 spiro atoms. The molecule has 1 amide bonds. The maximum atomic E-state index is 12.1. The molecule has 1 aliphatic heterocycles. The van der Waals surface area contributed by atoms with Crippen molar-refractivity contribution >= 4 is 5.91 Å². The molecule has 2 rings (SSSR count). The Kier molecular flexibility index (Phi) is 6.21. The molecule has 1 aromatic rings. The van der Waals surface area contributed by atoms with Crippen LogP contribution in [0.4, 0.5) is 0 Å². The summed E-state index contributed by atoms with van der Waals surface area (Å²) >= 11 is 0. The number of likely N-dealkylation sites (tertiary alicyclic amines) is 1. The molecule has 1 saturated heterocycles. The Morgan fingerprint density at radius 1 is 1.38 bits per heavy atom. The van der Waals surface area contributed by atoms with Crippen molar-refractivity contribution in [3.63, 3.8) is 0 Å². The molecule has 21 heavy (non-hydrogen) atoms. The Labute approximate surface area is 127 Å². The Bertz CT molecular complexity index is 435. The largest absolute Gasteiger partial charge is 0.353 e. The normalized spacial score (nSPS) is 21.0. The lowest BCUT2D eigenvalue weighted by atomic mass is 10.0. The van der Waals surface area contributed by atoms with Gasteiger partial charge in [0.05, 0.1) is 6.04 Å².